The van der Waals surface area contributed by atoms with Crippen molar-refractivity contribution in [1.29, 1.82) is 0 Å². The molecule has 76 valence electrons. The quantitative estimate of drug-likeness (QED) is 0.402. The molecule has 1 unspecified atom stereocenters. The van der Waals surface area contributed by atoms with Crippen LogP contribution in [0.15, 0.2) is 0 Å². The average molecular weight is 190 g/mol. The summed E-state index contributed by atoms with van der Waals surface area (Å²) in [5.41, 5.74) is 5.35. The second-order valence-corrected chi connectivity index (χ2v) is 2.41. The van der Waals surface area contributed by atoms with Crippen molar-refractivity contribution in [3.05, 3.63) is 0 Å². The number of carbonyl (C=O) groups excluding carboxylic acids is 1. The van der Waals surface area contributed by atoms with Gasteiger partial charge in [0.05, 0.1) is 6.54 Å². The summed E-state index contributed by atoms with van der Waals surface area (Å²) in [7, 11) is 0. The van der Waals surface area contributed by atoms with Crippen LogP contribution in [0, 0.1) is 0 Å². The van der Waals surface area contributed by atoms with Crippen LogP contribution in [-0.4, -0.2) is 36.4 Å². The van der Waals surface area contributed by atoms with E-state index in [0.29, 0.717) is 6.42 Å². The maximum absolute atomic E-state index is 10.9. The topological polar surface area (TPSA) is 102 Å². The minimum Gasteiger partial charge on any atom is -0.465 e. The number of hydrogen-bond donors (Lipinski definition) is 3. The molecule has 0 aliphatic rings. The van der Waals surface area contributed by atoms with Crippen molar-refractivity contribution in [2.75, 3.05) is 13.2 Å². The molecule has 0 radical (unpaired) electrons. The van der Waals surface area contributed by atoms with Crippen LogP contribution in [0.4, 0.5) is 4.79 Å². The zero-order chi connectivity index (χ0) is 10.3. The number of esters is 1. The minimum absolute atomic E-state index is 0.0127. The molecule has 1 atom stereocenters. The van der Waals surface area contributed by atoms with Gasteiger partial charge in [-0.3, -0.25) is 4.79 Å². The van der Waals surface area contributed by atoms with Gasteiger partial charge in [-0.05, 0) is 6.42 Å². The minimum atomic E-state index is -1.14. The van der Waals surface area contributed by atoms with Gasteiger partial charge in [0.15, 0.2) is 0 Å². The average Bonchev–Trinajstić information content (AvgIpc) is 2.10. The highest BCUT2D eigenvalue weighted by molar-refractivity contribution is 5.75. The first-order valence-corrected chi connectivity index (χ1v) is 3.97. The third-order valence-corrected chi connectivity index (χ3v) is 1.37. The van der Waals surface area contributed by atoms with Crippen molar-refractivity contribution < 1.29 is 19.4 Å². The van der Waals surface area contributed by atoms with E-state index in [1.165, 1.54) is 0 Å². The Kier molecular flexibility index (Phi) is 5.62. The second kappa shape index (κ2) is 6.24. The van der Waals surface area contributed by atoms with Crippen LogP contribution in [0.1, 0.15) is 13.3 Å². The maximum atomic E-state index is 10.9. The Bertz CT molecular complexity index is 183. The first-order chi connectivity index (χ1) is 6.07. The van der Waals surface area contributed by atoms with Crippen LogP contribution in [0.5, 0.6) is 0 Å². The number of hydrogen-bond acceptors (Lipinski definition) is 4. The van der Waals surface area contributed by atoms with Crippen LogP contribution >= 0.6 is 0 Å². The van der Waals surface area contributed by atoms with E-state index in [4.69, 9.17) is 10.8 Å². The molecule has 0 saturated heterocycles. The van der Waals surface area contributed by atoms with E-state index in [0.717, 1.165) is 0 Å². The highest BCUT2D eigenvalue weighted by Gasteiger charge is 2.11. The van der Waals surface area contributed by atoms with Gasteiger partial charge >= 0.3 is 12.1 Å². The van der Waals surface area contributed by atoms with E-state index < -0.39 is 18.1 Å². The summed E-state index contributed by atoms with van der Waals surface area (Å²) in [5.74, 6) is -0.505. The summed E-state index contributed by atoms with van der Waals surface area (Å²) in [5, 5.41) is 10.2. The molecule has 0 heterocycles. The lowest BCUT2D eigenvalue weighted by atomic mass is 10.2. The Balaban J connectivity index is 3.42. The molecule has 1 amide bonds. The van der Waals surface area contributed by atoms with Gasteiger partial charge < -0.3 is 20.9 Å². The van der Waals surface area contributed by atoms with Gasteiger partial charge in [0.1, 0.15) is 12.6 Å². The number of ether oxygens (including phenoxy) is 1. The molecule has 0 bridgehead atoms. The Hall–Kier alpha value is -1.30. The second-order valence-electron chi connectivity index (χ2n) is 2.41. The monoisotopic (exact) mass is 190 g/mol. The van der Waals surface area contributed by atoms with Crippen molar-refractivity contribution >= 4 is 12.1 Å². The van der Waals surface area contributed by atoms with Gasteiger partial charge in [0.2, 0.25) is 0 Å². The smallest absolute Gasteiger partial charge is 0.404 e. The van der Waals surface area contributed by atoms with Crippen molar-refractivity contribution in [2.45, 2.75) is 19.4 Å². The third-order valence-electron chi connectivity index (χ3n) is 1.37. The fourth-order valence-electron chi connectivity index (χ4n) is 0.583. The fourth-order valence-corrected chi connectivity index (χ4v) is 0.583. The number of rotatable bonds is 5. The largest absolute Gasteiger partial charge is 0.465 e. The molecule has 13 heavy (non-hydrogen) atoms. The molecule has 0 aromatic carbocycles. The number of carboxylic acid groups (broad SMARTS) is 1. The van der Waals surface area contributed by atoms with E-state index in [1.54, 1.807) is 6.92 Å². The Morgan fingerprint density at radius 1 is 1.62 bits per heavy atom. The molecule has 0 rings (SSSR count). The van der Waals surface area contributed by atoms with Crippen LogP contribution in [0.25, 0.3) is 0 Å². The third kappa shape index (κ3) is 5.92. The molecule has 0 aromatic rings. The van der Waals surface area contributed by atoms with Crippen molar-refractivity contribution in [3.63, 3.8) is 0 Å². The first-order valence-electron chi connectivity index (χ1n) is 3.97. The lowest BCUT2D eigenvalue weighted by Gasteiger charge is -2.08. The summed E-state index contributed by atoms with van der Waals surface area (Å²) in [4.78, 5) is 20.9. The number of nitrogens with one attached hydrogen (secondary N) is 1. The Morgan fingerprint density at radius 3 is 2.69 bits per heavy atom. The van der Waals surface area contributed by atoms with Gasteiger partial charge in [-0.1, -0.05) is 6.92 Å². The molecule has 6 nitrogen and oxygen atoms in total. The van der Waals surface area contributed by atoms with Gasteiger partial charge in [0, 0.05) is 0 Å². The number of carbonyl (C=O) groups is 2. The molecule has 6 heteroatoms. The molecule has 0 fully saturated rings. The molecule has 0 saturated carbocycles. The molecular weight excluding hydrogens is 176 g/mol. The zero-order valence-electron chi connectivity index (χ0n) is 7.45. The normalized spacial score (nSPS) is 11.8. The summed E-state index contributed by atoms with van der Waals surface area (Å²) >= 11 is 0. The summed E-state index contributed by atoms with van der Waals surface area (Å²) in [6.45, 7) is 1.86. The van der Waals surface area contributed by atoms with E-state index >= 15 is 0 Å². The van der Waals surface area contributed by atoms with Crippen LogP contribution in [0.3, 0.4) is 0 Å². The summed E-state index contributed by atoms with van der Waals surface area (Å²) < 4.78 is 4.66. The van der Waals surface area contributed by atoms with Crippen LogP contribution in [0.2, 0.25) is 0 Å². The molecule has 0 spiro atoms. The predicted molar refractivity (Wildman–Crippen MR) is 45.3 cm³/mol. The first kappa shape index (κ1) is 11.7. The number of amides is 1. The standard InChI is InChI=1S/C7H14N2O4/c1-2-5(8)6(10)13-4-3-9-7(11)12/h5,9H,2-4,8H2,1H3,(H,11,12). The lowest BCUT2D eigenvalue weighted by Crippen LogP contribution is -2.34. The van der Waals surface area contributed by atoms with Gasteiger partial charge in [-0.2, -0.15) is 0 Å². The SMILES string of the molecule is CCC(N)C(=O)OCCNC(=O)O. The Morgan fingerprint density at radius 2 is 2.23 bits per heavy atom. The van der Waals surface area contributed by atoms with E-state index in [2.05, 4.69) is 10.1 Å². The summed E-state index contributed by atoms with van der Waals surface area (Å²) in [6, 6.07) is -0.621. The molecular formula is C7H14N2O4. The predicted octanol–water partition coefficient (Wildman–Crippen LogP) is -0.465. The number of nitrogens with two attached hydrogens (primary N) is 1. The van der Waals surface area contributed by atoms with Crippen molar-refractivity contribution in [1.82, 2.24) is 5.32 Å². The van der Waals surface area contributed by atoms with E-state index in [1.807, 2.05) is 0 Å². The van der Waals surface area contributed by atoms with Crippen molar-refractivity contribution in [2.24, 2.45) is 5.73 Å². The maximum Gasteiger partial charge on any atom is 0.404 e. The van der Waals surface area contributed by atoms with E-state index in [-0.39, 0.29) is 13.2 Å². The van der Waals surface area contributed by atoms with E-state index in [9.17, 15) is 9.59 Å². The molecule has 0 aliphatic carbocycles. The zero-order valence-corrected chi connectivity index (χ0v) is 7.45. The summed E-state index contributed by atoms with van der Waals surface area (Å²) in [6.07, 6.45) is -0.638. The molecule has 0 aliphatic heterocycles. The Labute approximate surface area is 76.0 Å². The van der Waals surface area contributed by atoms with Crippen LogP contribution < -0.4 is 11.1 Å². The van der Waals surface area contributed by atoms with Gasteiger partial charge in [0.25, 0.3) is 0 Å². The lowest BCUT2D eigenvalue weighted by molar-refractivity contribution is -0.145. The molecule has 4 N–H and O–H groups in total. The van der Waals surface area contributed by atoms with Crippen molar-refractivity contribution in [3.8, 4) is 0 Å². The fraction of sp³-hybridized carbons (Fsp3) is 0.714. The van der Waals surface area contributed by atoms with Gasteiger partial charge in [-0.25, -0.2) is 4.79 Å². The highest BCUT2D eigenvalue weighted by Crippen LogP contribution is 1.89. The highest BCUT2D eigenvalue weighted by atomic mass is 16.5. The van der Waals surface area contributed by atoms with Gasteiger partial charge in [-0.15, -0.1) is 0 Å². The van der Waals surface area contributed by atoms with Crippen LogP contribution in [-0.2, 0) is 9.53 Å². The molecule has 0 aromatic heterocycles.